The first-order valence-corrected chi connectivity index (χ1v) is 5.43. The summed E-state index contributed by atoms with van der Waals surface area (Å²) in [4.78, 5) is 13.7. The van der Waals surface area contributed by atoms with Crippen LogP contribution in [0, 0.1) is 0 Å². The van der Waals surface area contributed by atoms with Crippen molar-refractivity contribution in [3.05, 3.63) is 35.9 Å². The summed E-state index contributed by atoms with van der Waals surface area (Å²) in [5.41, 5.74) is 0.455. The molecule has 0 aliphatic carbocycles. The summed E-state index contributed by atoms with van der Waals surface area (Å²) >= 11 is 6.07. The van der Waals surface area contributed by atoms with E-state index in [9.17, 15) is 4.79 Å². The van der Waals surface area contributed by atoms with Gasteiger partial charge >= 0.3 is 0 Å². The van der Waals surface area contributed by atoms with Gasteiger partial charge in [0.05, 0.1) is 0 Å². The van der Waals surface area contributed by atoms with Crippen LogP contribution in [0.3, 0.4) is 0 Å². The minimum Gasteiger partial charge on any atom is -0.320 e. The van der Waals surface area contributed by atoms with E-state index >= 15 is 0 Å². The van der Waals surface area contributed by atoms with Crippen LogP contribution in [0.5, 0.6) is 0 Å². The lowest BCUT2D eigenvalue weighted by atomic mass is 10.2. The molecule has 3 nitrogen and oxygen atoms in total. The molecular weight excluding hydrogens is 212 g/mol. The van der Waals surface area contributed by atoms with Gasteiger partial charge in [0.25, 0.3) is 5.91 Å². The lowest BCUT2D eigenvalue weighted by Gasteiger charge is -2.32. The van der Waals surface area contributed by atoms with E-state index in [0.29, 0.717) is 18.7 Å². The maximum atomic E-state index is 12.0. The third-order valence-electron chi connectivity index (χ3n) is 2.46. The van der Waals surface area contributed by atoms with Crippen molar-refractivity contribution in [3.8, 4) is 0 Å². The van der Waals surface area contributed by atoms with Crippen molar-refractivity contribution in [1.29, 1.82) is 0 Å². The summed E-state index contributed by atoms with van der Waals surface area (Å²) in [6.45, 7) is 2.13. The molecule has 1 saturated heterocycles. The van der Waals surface area contributed by atoms with Crippen LogP contribution in [-0.4, -0.2) is 35.9 Å². The molecule has 80 valence electrons. The maximum Gasteiger partial charge on any atom is 0.255 e. The van der Waals surface area contributed by atoms with Crippen LogP contribution in [0.2, 0.25) is 0 Å². The summed E-state index contributed by atoms with van der Waals surface area (Å²) in [5, 5.41) is 3.14. The number of halogens is 1. The van der Waals surface area contributed by atoms with Gasteiger partial charge in [-0.05, 0) is 12.1 Å². The summed E-state index contributed by atoms with van der Waals surface area (Å²) in [6.07, 6.45) is 0. The Labute approximate surface area is 94.0 Å². The van der Waals surface area contributed by atoms with Crippen molar-refractivity contribution in [2.75, 3.05) is 19.6 Å². The number of alkyl halides is 1. The zero-order valence-corrected chi connectivity index (χ0v) is 9.07. The predicted octanol–water partition coefficient (Wildman–Crippen LogP) is 1.30. The van der Waals surface area contributed by atoms with E-state index in [1.165, 1.54) is 0 Å². The lowest BCUT2D eigenvalue weighted by molar-refractivity contribution is 0.0707. The van der Waals surface area contributed by atoms with Gasteiger partial charge in [0, 0.05) is 25.2 Å². The van der Waals surface area contributed by atoms with Crippen LogP contribution in [0.25, 0.3) is 0 Å². The molecule has 1 unspecified atom stereocenters. The molecule has 1 amide bonds. The molecule has 1 heterocycles. The molecule has 1 fully saturated rings. The first kappa shape index (κ1) is 10.5. The van der Waals surface area contributed by atoms with Crippen LogP contribution < -0.4 is 5.32 Å². The number of hydrogen-bond donors (Lipinski definition) is 1. The van der Waals surface area contributed by atoms with E-state index in [2.05, 4.69) is 5.32 Å². The average molecular weight is 225 g/mol. The van der Waals surface area contributed by atoms with Crippen LogP contribution in [0.4, 0.5) is 0 Å². The second-order valence-corrected chi connectivity index (χ2v) is 4.01. The van der Waals surface area contributed by atoms with Crippen molar-refractivity contribution < 1.29 is 4.79 Å². The SMILES string of the molecule is O=C(c1ccccc1)N1CCNCC1Cl. The molecule has 2 rings (SSSR count). The molecule has 1 aliphatic rings. The van der Waals surface area contributed by atoms with E-state index in [4.69, 9.17) is 11.6 Å². The van der Waals surface area contributed by atoms with Crippen LogP contribution in [0.1, 0.15) is 10.4 Å². The Bertz CT molecular complexity index is 342. The average Bonchev–Trinajstić information content (AvgIpc) is 2.30. The van der Waals surface area contributed by atoms with Gasteiger partial charge in [0.2, 0.25) is 0 Å². The molecule has 1 N–H and O–H groups in total. The Morgan fingerprint density at radius 1 is 1.40 bits per heavy atom. The van der Waals surface area contributed by atoms with Gasteiger partial charge in [0.15, 0.2) is 0 Å². The van der Waals surface area contributed by atoms with Gasteiger partial charge in [-0.3, -0.25) is 4.79 Å². The van der Waals surface area contributed by atoms with Crippen molar-refractivity contribution in [2.24, 2.45) is 0 Å². The lowest BCUT2D eigenvalue weighted by Crippen LogP contribution is -2.51. The van der Waals surface area contributed by atoms with Crippen LogP contribution in [0.15, 0.2) is 30.3 Å². The Morgan fingerprint density at radius 2 is 2.13 bits per heavy atom. The number of amides is 1. The first-order valence-electron chi connectivity index (χ1n) is 5.00. The standard InChI is InChI=1S/C11H13ClN2O/c12-10-8-13-6-7-14(10)11(15)9-4-2-1-3-5-9/h1-5,10,13H,6-8H2. The third-order valence-corrected chi connectivity index (χ3v) is 2.85. The minimum atomic E-state index is -0.244. The molecule has 0 saturated carbocycles. The van der Waals surface area contributed by atoms with Gasteiger partial charge in [-0.2, -0.15) is 0 Å². The zero-order chi connectivity index (χ0) is 10.7. The molecule has 1 aromatic rings. The second-order valence-electron chi connectivity index (χ2n) is 3.50. The Balaban J connectivity index is 2.13. The highest BCUT2D eigenvalue weighted by Crippen LogP contribution is 2.12. The third kappa shape index (κ3) is 2.30. The number of rotatable bonds is 1. The smallest absolute Gasteiger partial charge is 0.255 e. The van der Waals surface area contributed by atoms with Crippen LogP contribution >= 0.6 is 11.6 Å². The molecule has 15 heavy (non-hydrogen) atoms. The number of nitrogens with zero attached hydrogens (tertiary/aromatic N) is 1. The predicted molar refractivity (Wildman–Crippen MR) is 60.0 cm³/mol. The number of nitrogens with one attached hydrogen (secondary N) is 1. The molecule has 1 aromatic carbocycles. The van der Waals surface area contributed by atoms with Crippen molar-refractivity contribution in [3.63, 3.8) is 0 Å². The summed E-state index contributed by atoms with van der Waals surface area (Å²) < 4.78 is 0. The highest BCUT2D eigenvalue weighted by atomic mass is 35.5. The van der Waals surface area contributed by atoms with Crippen LogP contribution in [-0.2, 0) is 0 Å². The summed E-state index contributed by atoms with van der Waals surface area (Å²) in [5.74, 6) is 0.0112. The zero-order valence-electron chi connectivity index (χ0n) is 8.32. The van der Waals surface area contributed by atoms with Gasteiger partial charge in [-0.1, -0.05) is 29.8 Å². The highest BCUT2D eigenvalue weighted by molar-refractivity contribution is 6.22. The molecule has 1 aliphatic heterocycles. The number of hydrogen-bond acceptors (Lipinski definition) is 2. The number of piperazine rings is 1. The number of benzene rings is 1. The van der Waals surface area contributed by atoms with E-state index in [-0.39, 0.29) is 11.4 Å². The van der Waals surface area contributed by atoms with E-state index in [1.54, 1.807) is 4.90 Å². The summed E-state index contributed by atoms with van der Waals surface area (Å²) in [7, 11) is 0. The van der Waals surface area contributed by atoms with Gasteiger partial charge in [-0.25, -0.2) is 0 Å². The molecule has 0 spiro atoms. The van der Waals surface area contributed by atoms with Gasteiger partial charge < -0.3 is 10.2 Å². The molecule has 0 aromatic heterocycles. The molecule has 1 atom stereocenters. The van der Waals surface area contributed by atoms with Crippen molar-refractivity contribution in [1.82, 2.24) is 10.2 Å². The number of carbonyl (C=O) groups excluding carboxylic acids is 1. The largest absolute Gasteiger partial charge is 0.320 e. The monoisotopic (exact) mass is 224 g/mol. The molecule has 4 heteroatoms. The van der Waals surface area contributed by atoms with Crippen molar-refractivity contribution in [2.45, 2.75) is 5.50 Å². The van der Waals surface area contributed by atoms with E-state index < -0.39 is 0 Å². The first-order chi connectivity index (χ1) is 7.29. The van der Waals surface area contributed by atoms with E-state index in [1.807, 2.05) is 30.3 Å². The van der Waals surface area contributed by atoms with Gasteiger partial charge in [0.1, 0.15) is 5.50 Å². The fraction of sp³-hybridized carbons (Fsp3) is 0.364. The van der Waals surface area contributed by atoms with E-state index in [0.717, 1.165) is 6.54 Å². The second kappa shape index (κ2) is 4.64. The molecule has 0 bridgehead atoms. The maximum absolute atomic E-state index is 12.0. The molecular formula is C11H13ClN2O. The fourth-order valence-electron chi connectivity index (χ4n) is 1.65. The normalized spacial score (nSPS) is 21.4. The van der Waals surface area contributed by atoms with Crippen molar-refractivity contribution >= 4 is 17.5 Å². The topological polar surface area (TPSA) is 32.3 Å². The summed E-state index contributed by atoms with van der Waals surface area (Å²) in [6, 6.07) is 9.24. The highest BCUT2D eigenvalue weighted by Gasteiger charge is 2.25. The Kier molecular flexibility index (Phi) is 3.23. The fourth-order valence-corrected chi connectivity index (χ4v) is 1.94. The Morgan fingerprint density at radius 3 is 2.80 bits per heavy atom. The minimum absolute atomic E-state index is 0.0112. The number of carbonyl (C=O) groups is 1. The Hall–Kier alpha value is -1.06. The molecule has 0 radical (unpaired) electrons. The van der Waals surface area contributed by atoms with Gasteiger partial charge in [-0.15, -0.1) is 0 Å². The quantitative estimate of drug-likeness (QED) is 0.576.